The van der Waals surface area contributed by atoms with Gasteiger partial charge in [-0.2, -0.15) is 0 Å². The maximum Gasteiger partial charge on any atom is 0.139 e. The van der Waals surface area contributed by atoms with Crippen LogP contribution in [0.5, 0.6) is 0 Å². The fourth-order valence-corrected chi connectivity index (χ4v) is 168. The molecule has 0 heterocycles. The minimum atomic E-state index is -0.668. The summed E-state index contributed by atoms with van der Waals surface area (Å²) in [6, 6.07) is 0. The van der Waals surface area contributed by atoms with Crippen molar-refractivity contribution in [3.8, 4) is 0 Å². The smallest absolute Gasteiger partial charge is 0.139 e. The van der Waals surface area contributed by atoms with Crippen LogP contribution >= 0.6 is 186 Å². The van der Waals surface area contributed by atoms with Gasteiger partial charge >= 0.3 is 0 Å². The largest absolute Gasteiger partial charge is 0.341 e. The lowest BCUT2D eigenvalue weighted by Gasteiger charge is -2.59. The van der Waals surface area contributed by atoms with Crippen molar-refractivity contribution in [3.05, 3.63) is 11.1 Å². The summed E-state index contributed by atoms with van der Waals surface area (Å²) in [5, 5.41) is 0. The first-order valence-corrected chi connectivity index (χ1v) is 53.7. The van der Waals surface area contributed by atoms with Crippen molar-refractivity contribution in [2.24, 2.45) is 28.6 Å². The third-order valence-corrected chi connectivity index (χ3v) is 127. The van der Waals surface area contributed by atoms with E-state index in [9.17, 15) is 4.79 Å². The van der Waals surface area contributed by atoms with Crippen molar-refractivity contribution in [2.75, 3.05) is 0 Å². The first-order valence-electron chi connectivity index (χ1n) is 13.3. The average molecular weight is 1030 g/mol. The summed E-state index contributed by atoms with van der Waals surface area (Å²) in [4.78, 5) is 14.3. The number of fused-ring (bicyclic) bond motifs is 2. The van der Waals surface area contributed by atoms with Gasteiger partial charge in [-0.1, -0.05) is 58.4 Å². The third-order valence-electron chi connectivity index (χ3n) is 9.10. The number of Topliss-reactive ketones (excluding diaryl/α,β-unsaturated/α-hetero) is 1. The highest BCUT2D eigenvalue weighted by molar-refractivity contribution is 9.19. The Morgan fingerprint density at radius 2 is 1.30 bits per heavy atom. The second-order valence-corrected chi connectivity index (χ2v) is 94.9. The van der Waals surface area contributed by atoms with Gasteiger partial charge in [0, 0.05) is 32.8 Å². The summed E-state index contributed by atoms with van der Waals surface area (Å²) < 4.78 is 15.2. The highest BCUT2D eigenvalue weighted by atomic mass is 33.2. The Morgan fingerprint density at radius 1 is 0.773 bits per heavy atom. The van der Waals surface area contributed by atoms with Gasteiger partial charge in [-0.05, 0) is 76.2 Å². The van der Waals surface area contributed by atoms with Gasteiger partial charge in [0.1, 0.15) is 5.78 Å². The van der Waals surface area contributed by atoms with Crippen LogP contribution in [0.15, 0.2) is 11.1 Å². The van der Waals surface area contributed by atoms with Crippen LogP contribution in [0.2, 0.25) is 0 Å². The van der Waals surface area contributed by atoms with Gasteiger partial charge in [-0.15, -0.1) is 98.2 Å². The van der Waals surface area contributed by atoms with E-state index in [1.807, 2.05) is 0 Å². The van der Waals surface area contributed by atoms with Crippen molar-refractivity contribution in [2.45, 2.75) is 67.1 Å². The minimum absolute atomic E-state index is 0.00284. The van der Waals surface area contributed by atoms with Crippen LogP contribution in [0.3, 0.4) is 0 Å². The number of ketones is 1. The molecule has 0 aliphatic heterocycles. The molecule has 22 unspecified atom stereocenters. The summed E-state index contributed by atoms with van der Waals surface area (Å²) in [5.74, 6) is 0.376. The van der Waals surface area contributed by atoms with Gasteiger partial charge in [0.05, 0.1) is 27.3 Å². The van der Waals surface area contributed by atoms with Crippen molar-refractivity contribution in [1.82, 2.24) is 0 Å². The molecule has 3 nitrogen and oxygen atoms in total. The zero-order valence-corrected chi connectivity index (χ0v) is 50.0. The zero-order chi connectivity index (χ0) is 34.2. The van der Waals surface area contributed by atoms with E-state index < -0.39 is 22.0 Å². The summed E-state index contributed by atoms with van der Waals surface area (Å²) in [7, 11) is 37.0. The van der Waals surface area contributed by atoms with E-state index in [4.69, 9.17) is 9.05 Å². The molecule has 26 heteroatoms. The average Bonchev–Trinajstić information content (AvgIpc) is 2.90. The first kappa shape index (κ1) is 49.4. The third kappa shape index (κ3) is 11.7. The van der Waals surface area contributed by atoms with E-state index >= 15 is 0 Å². The predicted octanol–water partition coefficient (Wildman–Crippen LogP) is 17.0. The minimum Gasteiger partial charge on any atom is -0.341 e. The molecule has 2 rings (SSSR count). The van der Waals surface area contributed by atoms with E-state index in [2.05, 4.69) is 156 Å². The Balaban J connectivity index is 2.89. The maximum absolute atomic E-state index is 14.3. The molecule has 0 N–H and O–H groups in total. The molecule has 0 aromatic carbocycles. The molecule has 0 aromatic heterocycles. The van der Waals surface area contributed by atoms with Crippen LogP contribution in [0.1, 0.15) is 54.9 Å². The van der Waals surface area contributed by atoms with Crippen LogP contribution in [-0.2, 0) is 13.8 Å². The van der Waals surface area contributed by atoms with Crippen LogP contribution in [0, 0.1) is 28.6 Å². The van der Waals surface area contributed by atoms with E-state index in [1.165, 1.54) is 11.1 Å². The van der Waals surface area contributed by atoms with Crippen molar-refractivity contribution in [3.63, 3.8) is 0 Å². The molecule has 1 saturated carbocycles. The number of hydrogen-bond donors (Lipinski definition) is 0. The monoisotopic (exact) mass is 1030 g/mol. The molecule has 0 aromatic rings. The Kier molecular flexibility index (Phi) is 24.5. The normalized spacial score (nSPS) is 32.8. The molecule has 258 valence electrons. The lowest BCUT2D eigenvalue weighted by Crippen LogP contribution is -2.57. The molecule has 0 saturated heterocycles. The van der Waals surface area contributed by atoms with Crippen LogP contribution in [-0.4, -0.2) is 18.0 Å². The molecule has 2 aliphatic rings. The maximum atomic E-state index is 14.3. The molecule has 23 atom stereocenters. The summed E-state index contributed by atoms with van der Waals surface area (Å²) in [6.07, 6.45) is 0.783. The van der Waals surface area contributed by atoms with Crippen LogP contribution in [0.4, 0.5) is 0 Å². The number of hydrogen-bond acceptors (Lipinski definition) is 3. The Morgan fingerprint density at radius 3 is 1.70 bits per heavy atom. The second kappa shape index (κ2) is 21.8. The Hall–Kier alpha value is 9.22. The molecule has 0 amide bonds. The first-order chi connectivity index (χ1) is 20.1. The Bertz CT molecular complexity index is 1000. The SMILES string of the molecule is CC1=C2C(OP(P(P)P)P(PP)P(P)P)C(C)[C@@H](C)C(=O)C(C)C(C)(CC1OP(P(P)P(P)P)P(P(P)P)P(P)P)C2(C)C. The number of carbonyl (C=O) groups excluding carboxylic acids is 1. The lowest BCUT2D eigenvalue weighted by atomic mass is 9.47. The fourth-order valence-electron chi connectivity index (χ4n) is 6.00. The summed E-state index contributed by atoms with van der Waals surface area (Å²) >= 11 is 0. The van der Waals surface area contributed by atoms with Gasteiger partial charge in [-0.25, -0.2) is 0 Å². The molecular formula is C18H53O3P23. The molecule has 0 radical (unpaired) electrons. The standard InChI is InChI=1S/C18H53O3P23/c1-9-10(2)16(21-35(37(23)24)43(34-22)39(27)28)14-11(3)13(8-18(7,17(14,5)6)12(4)15(9)19)20-36(42(33)38(25)26)44(40(29)30)41(31)32/h9-10,12-13,16,34H,8,22-33H2,1-7H3/t9-,10?,12?,13?,16?,18?,35?,36?,42?,43?/m1/s1. The highest BCUT2D eigenvalue weighted by Crippen LogP contribution is 3.18. The summed E-state index contributed by atoms with van der Waals surface area (Å²) in [6.45, 7) is 13.7. The molecular weight excluding hydrogens is 977 g/mol. The van der Waals surface area contributed by atoms with Crippen molar-refractivity contribution in [1.29, 1.82) is 0 Å². The molecule has 0 spiro atoms. The number of carbonyl (C=O) groups is 1. The predicted molar refractivity (Wildman–Crippen MR) is 275 cm³/mol. The topological polar surface area (TPSA) is 35.5 Å². The van der Waals surface area contributed by atoms with Crippen molar-refractivity contribution >= 4 is 192 Å². The van der Waals surface area contributed by atoms with Gasteiger partial charge in [0.2, 0.25) is 0 Å². The second-order valence-electron chi connectivity index (χ2n) is 11.6. The quantitative estimate of drug-likeness (QED) is 0.136. The molecule has 2 bridgehead atoms. The Labute approximate surface area is 309 Å². The van der Waals surface area contributed by atoms with E-state index in [1.54, 1.807) is 0 Å². The van der Waals surface area contributed by atoms with Gasteiger partial charge in [0.25, 0.3) is 0 Å². The van der Waals surface area contributed by atoms with Crippen molar-refractivity contribution < 1.29 is 13.8 Å². The fraction of sp³-hybridized carbons (Fsp3) is 0.833. The van der Waals surface area contributed by atoms with E-state index in [0.717, 1.165) is 14.4 Å². The van der Waals surface area contributed by atoms with Gasteiger partial charge < -0.3 is 9.05 Å². The molecule has 2 aliphatic carbocycles. The lowest BCUT2D eigenvalue weighted by molar-refractivity contribution is -0.140. The van der Waals surface area contributed by atoms with Crippen LogP contribution < -0.4 is 0 Å². The van der Waals surface area contributed by atoms with Crippen LogP contribution in [0.25, 0.3) is 0 Å². The highest BCUT2D eigenvalue weighted by Gasteiger charge is 2.60. The summed E-state index contributed by atoms with van der Waals surface area (Å²) in [5.41, 5.74) is 2.36. The van der Waals surface area contributed by atoms with E-state index in [-0.39, 0.29) is 89.7 Å². The van der Waals surface area contributed by atoms with Gasteiger partial charge in [0.15, 0.2) is 0 Å². The van der Waals surface area contributed by atoms with Gasteiger partial charge in [-0.3, -0.25) is 4.79 Å². The van der Waals surface area contributed by atoms with E-state index in [0.29, 0.717) is 5.78 Å². The zero-order valence-electron chi connectivity index (χ0n) is 26.2. The number of rotatable bonds is 13. The molecule has 44 heavy (non-hydrogen) atoms. The molecule has 1 fully saturated rings.